The minimum atomic E-state index is -0.0890. The predicted octanol–water partition coefficient (Wildman–Crippen LogP) is 1.10. The van der Waals surface area contributed by atoms with Crippen molar-refractivity contribution in [1.29, 1.82) is 0 Å². The summed E-state index contributed by atoms with van der Waals surface area (Å²) >= 11 is 0. The van der Waals surface area contributed by atoms with Crippen LogP contribution in [0.4, 0.5) is 0 Å². The first-order chi connectivity index (χ1) is 8.19. The van der Waals surface area contributed by atoms with Crippen LogP contribution >= 0.6 is 0 Å². The fraction of sp³-hybridized carbons (Fsp3) is 0.308. The first-order valence-corrected chi connectivity index (χ1v) is 5.71. The monoisotopic (exact) mass is 230 g/mol. The number of aryl methyl sites for hydroxylation is 1. The number of hydrogen-bond acceptors (Lipinski definition) is 3. The number of H-pyrrole nitrogens is 1. The van der Waals surface area contributed by atoms with Crippen molar-refractivity contribution in [1.82, 2.24) is 4.98 Å². The van der Waals surface area contributed by atoms with Crippen LogP contribution in [0.5, 0.6) is 5.75 Å². The number of aromatic nitrogens is 1. The number of rotatable bonds is 1. The molecule has 1 aliphatic heterocycles. The van der Waals surface area contributed by atoms with Crippen LogP contribution in [-0.4, -0.2) is 17.6 Å². The molecule has 3 rings (SSSR count). The maximum atomic E-state index is 11.3. The van der Waals surface area contributed by atoms with Crippen molar-refractivity contribution in [2.45, 2.75) is 19.4 Å². The van der Waals surface area contributed by atoms with Gasteiger partial charge in [-0.15, -0.1) is 0 Å². The second kappa shape index (κ2) is 3.60. The Kier molecular flexibility index (Phi) is 2.19. The van der Waals surface area contributed by atoms with Crippen molar-refractivity contribution in [2.24, 2.45) is 5.73 Å². The highest BCUT2D eigenvalue weighted by Gasteiger charge is 2.24. The van der Waals surface area contributed by atoms with E-state index in [-0.39, 0.29) is 11.7 Å². The molecule has 1 aromatic heterocycles. The first-order valence-electron chi connectivity index (χ1n) is 5.71. The smallest absolute Gasteiger partial charge is 0.248 e. The van der Waals surface area contributed by atoms with Crippen LogP contribution in [0, 0.1) is 6.92 Å². The number of nitrogens with two attached hydrogens (primary N) is 1. The summed E-state index contributed by atoms with van der Waals surface area (Å²) in [6, 6.07) is 5.46. The number of pyridine rings is 1. The van der Waals surface area contributed by atoms with Crippen LogP contribution in [0.2, 0.25) is 0 Å². The highest BCUT2D eigenvalue weighted by Crippen LogP contribution is 2.35. The van der Waals surface area contributed by atoms with Gasteiger partial charge in [0.15, 0.2) is 0 Å². The van der Waals surface area contributed by atoms with E-state index in [4.69, 9.17) is 10.5 Å². The summed E-state index contributed by atoms with van der Waals surface area (Å²) < 4.78 is 5.79. The van der Waals surface area contributed by atoms with Crippen LogP contribution in [-0.2, 0) is 6.42 Å². The number of ether oxygens (including phenoxy) is 1. The van der Waals surface area contributed by atoms with Crippen molar-refractivity contribution in [3.63, 3.8) is 0 Å². The first kappa shape index (κ1) is 10.4. The van der Waals surface area contributed by atoms with Crippen LogP contribution < -0.4 is 16.0 Å². The van der Waals surface area contributed by atoms with E-state index in [0.717, 1.165) is 28.6 Å². The molecule has 17 heavy (non-hydrogen) atoms. The lowest BCUT2D eigenvalue weighted by Gasteiger charge is -2.09. The molecule has 4 heteroatoms. The molecule has 0 aliphatic carbocycles. The lowest BCUT2D eigenvalue weighted by molar-refractivity contribution is 0.240. The molecule has 2 heterocycles. The van der Waals surface area contributed by atoms with Gasteiger partial charge in [-0.3, -0.25) is 4.79 Å². The average Bonchev–Trinajstić information content (AvgIpc) is 2.74. The third kappa shape index (κ3) is 1.52. The molecule has 0 fully saturated rings. The molecule has 2 aromatic rings. The molecule has 1 aromatic carbocycles. The minimum Gasteiger partial charge on any atom is -0.488 e. The van der Waals surface area contributed by atoms with Gasteiger partial charge in [-0.05, 0) is 30.0 Å². The van der Waals surface area contributed by atoms with Gasteiger partial charge in [-0.25, -0.2) is 0 Å². The Labute approximate surface area is 98.4 Å². The quantitative estimate of drug-likeness (QED) is 0.770. The van der Waals surface area contributed by atoms with Gasteiger partial charge in [0.05, 0.1) is 5.52 Å². The zero-order valence-electron chi connectivity index (χ0n) is 9.62. The Morgan fingerprint density at radius 3 is 3.12 bits per heavy atom. The topological polar surface area (TPSA) is 68.1 Å². The summed E-state index contributed by atoms with van der Waals surface area (Å²) in [5.74, 6) is 0.884. The van der Waals surface area contributed by atoms with E-state index in [9.17, 15) is 4.79 Å². The minimum absolute atomic E-state index is 0.0623. The zero-order chi connectivity index (χ0) is 12.0. The van der Waals surface area contributed by atoms with Gasteiger partial charge in [0.1, 0.15) is 11.9 Å². The molecule has 3 N–H and O–H groups in total. The van der Waals surface area contributed by atoms with Gasteiger partial charge in [0, 0.05) is 24.6 Å². The maximum absolute atomic E-state index is 11.3. The van der Waals surface area contributed by atoms with E-state index in [1.54, 1.807) is 6.07 Å². The van der Waals surface area contributed by atoms with Gasteiger partial charge < -0.3 is 15.5 Å². The number of aromatic amines is 1. The predicted molar refractivity (Wildman–Crippen MR) is 66.5 cm³/mol. The molecular weight excluding hydrogens is 216 g/mol. The number of hydrogen-bond donors (Lipinski definition) is 2. The molecule has 1 unspecified atom stereocenters. The van der Waals surface area contributed by atoms with Crippen molar-refractivity contribution in [3.05, 3.63) is 39.7 Å². The molecule has 4 nitrogen and oxygen atoms in total. The molecule has 0 radical (unpaired) electrons. The van der Waals surface area contributed by atoms with Crippen molar-refractivity contribution >= 4 is 10.9 Å². The van der Waals surface area contributed by atoms with Gasteiger partial charge in [-0.1, -0.05) is 0 Å². The molecular formula is C13H14N2O2. The Morgan fingerprint density at radius 2 is 2.35 bits per heavy atom. The van der Waals surface area contributed by atoms with Crippen molar-refractivity contribution in [3.8, 4) is 5.75 Å². The summed E-state index contributed by atoms with van der Waals surface area (Å²) in [5, 5.41) is 1.04. The summed E-state index contributed by atoms with van der Waals surface area (Å²) in [7, 11) is 0. The van der Waals surface area contributed by atoms with E-state index in [2.05, 4.69) is 11.1 Å². The fourth-order valence-electron chi connectivity index (χ4n) is 2.42. The second-order valence-corrected chi connectivity index (χ2v) is 4.46. The SMILES string of the molecule is Cc1c2c(cc3ccc(=O)[nH]c13)CC(CN)O2. The molecule has 1 aliphatic rings. The third-order valence-electron chi connectivity index (χ3n) is 3.28. The van der Waals surface area contributed by atoms with E-state index in [0.29, 0.717) is 6.54 Å². The van der Waals surface area contributed by atoms with Crippen molar-refractivity contribution in [2.75, 3.05) is 6.54 Å². The van der Waals surface area contributed by atoms with Gasteiger partial charge in [-0.2, -0.15) is 0 Å². The van der Waals surface area contributed by atoms with Gasteiger partial charge in [0.2, 0.25) is 5.56 Å². The van der Waals surface area contributed by atoms with Crippen LogP contribution in [0.15, 0.2) is 23.0 Å². The Bertz CT molecular complexity index is 646. The van der Waals surface area contributed by atoms with Gasteiger partial charge in [0.25, 0.3) is 0 Å². The third-order valence-corrected chi connectivity index (χ3v) is 3.28. The lowest BCUT2D eigenvalue weighted by atomic mass is 10.0. The Hall–Kier alpha value is -1.81. The lowest BCUT2D eigenvalue weighted by Crippen LogP contribution is -2.24. The van der Waals surface area contributed by atoms with Crippen LogP contribution in [0.3, 0.4) is 0 Å². The Balaban J connectivity index is 2.27. The Morgan fingerprint density at radius 1 is 1.53 bits per heavy atom. The maximum Gasteiger partial charge on any atom is 0.248 e. The largest absolute Gasteiger partial charge is 0.488 e. The highest BCUT2D eigenvalue weighted by molar-refractivity contribution is 5.85. The van der Waals surface area contributed by atoms with E-state index in [1.807, 2.05) is 13.0 Å². The molecule has 1 atom stereocenters. The number of nitrogens with one attached hydrogen (secondary N) is 1. The molecule has 0 saturated carbocycles. The van der Waals surface area contributed by atoms with E-state index < -0.39 is 0 Å². The highest BCUT2D eigenvalue weighted by atomic mass is 16.5. The summed E-state index contributed by atoms with van der Waals surface area (Å²) in [6.45, 7) is 2.48. The molecule has 0 bridgehead atoms. The summed E-state index contributed by atoms with van der Waals surface area (Å²) in [6.07, 6.45) is 0.911. The normalized spacial score (nSPS) is 18.1. The van der Waals surface area contributed by atoms with E-state index >= 15 is 0 Å². The molecule has 0 amide bonds. The van der Waals surface area contributed by atoms with Crippen LogP contribution in [0.1, 0.15) is 11.1 Å². The number of fused-ring (bicyclic) bond motifs is 2. The standard InChI is InChI=1S/C13H14N2O2/c1-7-12-8(2-3-11(16)15-12)4-9-5-10(6-14)17-13(7)9/h2-4,10H,5-6,14H2,1H3,(H,15,16). The zero-order valence-corrected chi connectivity index (χ0v) is 9.62. The van der Waals surface area contributed by atoms with E-state index in [1.165, 1.54) is 5.56 Å². The average molecular weight is 230 g/mol. The van der Waals surface area contributed by atoms with Gasteiger partial charge >= 0.3 is 0 Å². The van der Waals surface area contributed by atoms with Crippen molar-refractivity contribution < 1.29 is 4.74 Å². The second-order valence-electron chi connectivity index (χ2n) is 4.46. The number of benzene rings is 1. The van der Waals surface area contributed by atoms with Crippen LogP contribution in [0.25, 0.3) is 10.9 Å². The molecule has 0 spiro atoms. The summed E-state index contributed by atoms with van der Waals surface area (Å²) in [5.41, 5.74) is 8.57. The molecule has 88 valence electrons. The molecule has 0 saturated heterocycles. The summed E-state index contributed by atoms with van der Waals surface area (Å²) in [4.78, 5) is 14.2. The fourth-order valence-corrected chi connectivity index (χ4v) is 2.42.